The molecule has 0 radical (unpaired) electrons. The van der Waals surface area contributed by atoms with Gasteiger partial charge in [0.25, 0.3) is 0 Å². The maximum atomic E-state index is 2.40. The van der Waals surface area contributed by atoms with Crippen LogP contribution < -0.4 is 4.90 Å². The number of aryl methyl sites for hydroxylation is 1. The number of fused-ring (bicyclic) bond motifs is 3. The molecule has 0 saturated heterocycles. The second kappa shape index (κ2) is 11.4. The first kappa shape index (κ1) is 27.5. The Balaban J connectivity index is 1.26. The number of nitrogens with zero attached hydrogens (tertiary/aromatic N) is 2. The second-order valence-electron chi connectivity index (χ2n) is 12.6. The van der Waals surface area contributed by atoms with Crippen molar-refractivity contribution in [2.24, 2.45) is 0 Å². The minimum absolute atomic E-state index is 0.0896. The van der Waals surface area contributed by atoms with Crippen molar-refractivity contribution < 1.29 is 0 Å². The first-order valence-corrected chi connectivity index (χ1v) is 16.3. The van der Waals surface area contributed by atoms with Crippen molar-refractivity contribution in [3.63, 3.8) is 0 Å². The first-order chi connectivity index (χ1) is 22.2. The van der Waals surface area contributed by atoms with E-state index in [0.717, 1.165) is 11.4 Å². The molecule has 220 valence electrons. The summed E-state index contributed by atoms with van der Waals surface area (Å²) >= 11 is 0. The SMILES string of the molecule is Cc1ccc(-n2c3ccccc3c3cc(N(c4ccccc4)c4ccc(C5(c6ccccc6)CCCCC5)cc4)ccc32)cc1. The Bertz CT molecular complexity index is 2060. The highest BCUT2D eigenvalue weighted by Crippen LogP contribution is 2.46. The Morgan fingerprint density at radius 1 is 0.489 bits per heavy atom. The van der Waals surface area contributed by atoms with Gasteiger partial charge in [-0.3, -0.25) is 0 Å². The highest BCUT2D eigenvalue weighted by molar-refractivity contribution is 6.10. The van der Waals surface area contributed by atoms with Crippen LogP contribution in [-0.2, 0) is 5.41 Å². The van der Waals surface area contributed by atoms with Gasteiger partial charge in [0, 0.05) is 38.9 Å². The first-order valence-electron chi connectivity index (χ1n) is 16.3. The smallest absolute Gasteiger partial charge is 0.0542 e. The van der Waals surface area contributed by atoms with Crippen LogP contribution in [0.1, 0.15) is 48.8 Å². The van der Waals surface area contributed by atoms with Crippen molar-refractivity contribution in [3.8, 4) is 5.69 Å². The number of rotatable bonds is 6. The maximum Gasteiger partial charge on any atom is 0.0542 e. The molecule has 8 rings (SSSR count). The van der Waals surface area contributed by atoms with E-state index >= 15 is 0 Å². The molecule has 2 heteroatoms. The third kappa shape index (κ3) is 4.82. The Hall–Kier alpha value is -5.08. The molecule has 1 saturated carbocycles. The van der Waals surface area contributed by atoms with Crippen molar-refractivity contribution in [2.45, 2.75) is 44.4 Å². The van der Waals surface area contributed by atoms with Crippen LogP contribution >= 0.6 is 0 Å². The van der Waals surface area contributed by atoms with E-state index in [9.17, 15) is 0 Å². The highest BCUT2D eigenvalue weighted by atomic mass is 15.1. The summed E-state index contributed by atoms with van der Waals surface area (Å²) in [6.07, 6.45) is 6.31. The zero-order valence-electron chi connectivity index (χ0n) is 25.9. The van der Waals surface area contributed by atoms with E-state index in [1.165, 1.54) is 82.0 Å². The summed E-state index contributed by atoms with van der Waals surface area (Å²) in [6.45, 7) is 2.14. The van der Waals surface area contributed by atoms with Crippen molar-refractivity contribution in [3.05, 3.63) is 168 Å². The van der Waals surface area contributed by atoms with Gasteiger partial charge >= 0.3 is 0 Å². The number of benzene rings is 6. The van der Waals surface area contributed by atoms with E-state index in [1.54, 1.807) is 0 Å². The van der Waals surface area contributed by atoms with Gasteiger partial charge < -0.3 is 9.47 Å². The number of hydrogen-bond donors (Lipinski definition) is 0. The third-order valence-corrected chi connectivity index (χ3v) is 9.93. The number of hydrogen-bond acceptors (Lipinski definition) is 1. The standard InChI is InChI=1S/C43H38N2/c1-32-19-23-37(24-20-32)45-41-18-10-9-17-39(41)40-31-38(27-28-42(40)45)44(35-15-7-3-8-16-35)36-25-21-34(22-26-36)43(29-11-4-12-30-43)33-13-5-2-6-14-33/h2-3,5-10,13-28,31H,4,11-12,29-30H2,1H3. The van der Waals surface area contributed by atoms with Gasteiger partial charge in [-0.25, -0.2) is 0 Å². The molecule has 0 unspecified atom stereocenters. The molecule has 45 heavy (non-hydrogen) atoms. The molecular weight excluding hydrogens is 544 g/mol. The average molecular weight is 583 g/mol. The van der Waals surface area contributed by atoms with Gasteiger partial charge in [-0.1, -0.05) is 116 Å². The molecule has 0 amide bonds. The predicted molar refractivity (Wildman–Crippen MR) is 191 cm³/mol. The highest BCUT2D eigenvalue weighted by Gasteiger charge is 2.35. The van der Waals surface area contributed by atoms with E-state index in [2.05, 4.69) is 168 Å². The summed E-state index contributed by atoms with van der Waals surface area (Å²) in [6, 6.07) is 56.0. The molecule has 6 aromatic carbocycles. The predicted octanol–water partition coefficient (Wildman–Crippen LogP) is 11.8. The molecular formula is C43H38N2. The second-order valence-corrected chi connectivity index (χ2v) is 12.6. The fourth-order valence-corrected chi connectivity index (χ4v) is 7.68. The van der Waals surface area contributed by atoms with Crippen LogP contribution in [0.25, 0.3) is 27.5 Å². The van der Waals surface area contributed by atoms with Crippen molar-refractivity contribution in [2.75, 3.05) is 4.90 Å². The molecule has 0 aliphatic heterocycles. The van der Waals surface area contributed by atoms with Crippen molar-refractivity contribution in [1.82, 2.24) is 4.57 Å². The Kier molecular flexibility index (Phi) is 6.99. The molecule has 7 aromatic rings. The quantitative estimate of drug-likeness (QED) is 0.189. The summed E-state index contributed by atoms with van der Waals surface area (Å²) in [5.41, 5.74) is 11.4. The molecule has 1 aliphatic rings. The minimum Gasteiger partial charge on any atom is -0.310 e. The zero-order valence-corrected chi connectivity index (χ0v) is 25.9. The van der Waals surface area contributed by atoms with Gasteiger partial charge in [0.1, 0.15) is 0 Å². The van der Waals surface area contributed by atoms with E-state index in [0.29, 0.717) is 0 Å². The molecule has 0 spiro atoms. The lowest BCUT2D eigenvalue weighted by Crippen LogP contribution is -2.30. The largest absolute Gasteiger partial charge is 0.310 e. The van der Waals surface area contributed by atoms with Crippen molar-refractivity contribution in [1.29, 1.82) is 0 Å². The van der Waals surface area contributed by atoms with Crippen LogP contribution in [0.4, 0.5) is 17.1 Å². The van der Waals surface area contributed by atoms with E-state index in [4.69, 9.17) is 0 Å². The van der Waals surface area contributed by atoms with Gasteiger partial charge in [-0.05, 0) is 91.6 Å². The van der Waals surface area contributed by atoms with E-state index in [-0.39, 0.29) is 5.41 Å². The third-order valence-electron chi connectivity index (χ3n) is 9.93. The van der Waals surface area contributed by atoms with Crippen LogP contribution in [0, 0.1) is 6.92 Å². The summed E-state index contributed by atoms with van der Waals surface area (Å²) in [5, 5.41) is 2.52. The summed E-state index contributed by atoms with van der Waals surface area (Å²) in [7, 11) is 0. The number of aromatic nitrogens is 1. The topological polar surface area (TPSA) is 8.17 Å². The molecule has 1 fully saturated rings. The van der Waals surface area contributed by atoms with Gasteiger partial charge in [-0.15, -0.1) is 0 Å². The summed E-state index contributed by atoms with van der Waals surface area (Å²) < 4.78 is 2.39. The monoisotopic (exact) mass is 582 g/mol. The van der Waals surface area contributed by atoms with E-state index in [1.807, 2.05) is 0 Å². The van der Waals surface area contributed by atoms with Crippen LogP contribution in [0.3, 0.4) is 0 Å². The van der Waals surface area contributed by atoms with Crippen LogP contribution in [-0.4, -0.2) is 4.57 Å². The lowest BCUT2D eigenvalue weighted by molar-refractivity contribution is 0.346. The van der Waals surface area contributed by atoms with Gasteiger partial charge in [0.2, 0.25) is 0 Å². The normalized spacial score (nSPS) is 14.5. The van der Waals surface area contributed by atoms with Gasteiger partial charge in [-0.2, -0.15) is 0 Å². The lowest BCUT2D eigenvalue weighted by atomic mass is 9.65. The molecule has 0 atom stereocenters. The molecule has 1 heterocycles. The van der Waals surface area contributed by atoms with Crippen LogP contribution in [0.2, 0.25) is 0 Å². The summed E-state index contributed by atoms with van der Waals surface area (Å²) in [5.74, 6) is 0. The van der Waals surface area contributed by atoms with E-state index < -0.39 is 0 Å². The van der Waals surface area contributed by atoms with Crippen molar-refractivity contribution >= 4 is 38.9 Å². The lowest BCUT2D eigenvalue weighted by Gasteiger charge is -2.39. The number of para-hydroxylation sites is 2. The summed E-state index contributed by atoms with van der Waals surface area (Å²) in [4.78, 5) is 2.40. The van der Waals surface area contributed by atoms with Gasteiger partial charge in [0.05, 0.1) is 11.0 Å². The number of anilines is 3. The molecule has 1 aromatic heterocycles. The fraction of sp³-hybridized carbons (Fsp3) is 0.163. The fourth-order valence-electron chi connectivity index (χ4n) is 7.68. The maximum absolute atomic E-state index is 2.40. The molecule has 1 aliphatic carbocycles. The molecule has 0 N–H and O–H groups in total. The Morgan fingerprint density at radius 2 is 1.07 bits per heavy atom. The molecule has 2 nitrogen and oxygen atoms in total. The Morgan fingerprint density at radius 3 is 1.80 bits per heavy atom. The zero-order chi connectivity index (χ0) is 30.2. The van der Waals surface area contributed by atoms with Crippen LogP contribution in [0.15, 0.2) is 152 Å². The average Bonchev–Trinajstić information content (AvgIpc) is 3.44. The van der Waals surface area contributed by atoms with Crippen LogP contribution in [0.5, 0.6) is 0 Å². The minimum atomic E-state index is 0.0896. The molecule has 0 bridgehead atoms. The Labute approximate surface area is 266 Å². The van der Waals surface area contributed by atoms with Gasteiger partial charge in [0.15, 0.2) is 0 Å².